The number of aromatic hydroxyl groups is 1. The highest BCUT2D eigenvalue weighted by atomic mass is 16.5. The summed E-state index contributed by atoms with van der Waals surface area (Å²) in [5.41, 5.74) is 12.6. The highest BCUT2D eigenvalue weighted by Gasteiger charge is 2.45. The Balaban J connectivity index is 1.74. The SMILES string of the molecule is C=CCNCC(=O)N1[C@@H](N(C)C(=O)NCc2ccccc2)CN(Cc2cccc(N)c2N(CC(=O)OCC)NC)C(=O)[C@@H]1Cc1ccc(O)cc1. The number of carbonyl (C=O) groups is 4. The minimum absolute atomic E-state index is 0.0148. The number of hydrogen-bond donors (Lipinski definition) is 5. The van der Waals surface area contributed by atoms with Gasteiger partial charge in [-0.2, -0.15) is 0 Å². The summed E-state index contributed by atoms with van der Waals surface area (Å²) in [5, 5.41) is 17.5. The number of nitrogen functional groups attached to an aromatic ring is 1. The third-order valence-electron chi connectivity index (χ3n) is 8.55. The van der Waals surface area contributed by atoms with Crippen LogP contribution < -0.4 is 26.8 Å². The fraction of sp³-hybridized carbons (Fsp3) is 0.351. The molecule has 3 aromatic rings. The molecule has 4 amide bonds. The predicted octanol–water partition coefficient (Wildman–Crippen LogP) is 2.20. The van der Waals surface area contributed by atoms with Crippen LogP contribution in [0.15, 0.2) is 85.5 Å². The Morgan fingerprint density at radius 1 is 1.06 bits per heavy atom. The van der Waals surface area contributed by atoms with Gasteiger partial charge in [0.1, 0.15) is 24.5 Å². The summed E-state index contributed by atoms with van der Waals surface area (Å²) in [4.78, 5) is 59.3. The van der Waals surface area contributed by atoms with E-state index in [1.54, 1.807) is 61.3 Å². The molecule has 1 aliphatic rings. The van der Waals surface area contributed by atoms with E-state index >= 15 is 0 Å². The zero-order chi connectivity index (χ0) is 36.9. The maximum atomic E-state index is 14.6. The molecule has 14 heteroatoms. The van der Waals surface area contributed by atoms with Gasteiger partial charge in [-0.25, -0.2) is 10.2 Å². The molecule has 1 aliphatic heterocycles. The largest absolute Gasteiger partial charge is 0.508 e. The number of hydrazine groups is 1. The van der Waals surface area contributed by atoms with Crippen LogP contribution in [0.4, 0.5) is 16.2 Å². The summed E-state index contributed by atoms with van der Waals surface area (Å²) in [7, 11) is 3.25. The second kappa shape index (κ2) is 18.4. The van der Waals surface area contributed by atoms with Gasteiger partial charge in [0.15, 0.2) is 0 Å². The maximum Gasteiger partial charge on any atom is 0.327 e. The van der Waals surface area contributed by atoms with E-state index in [1.165, 1.54) is 21.9 Å². The number of carbonyl (C=O) groups excluding carboxylic acids is 4. The number of urea groups is 1. The van der Waals surface area contributed by atoms with Crippen LogP contribution in [0.1, 0.15) is 23.6 Å². The molecule has 272 valence electrons. The van der Waals surface area contributed by atoms with Crippen molar-refractivity contribution in [3.63, 3.8) is 0 Å². The monoisotopic (exact) mass is 700 g/mol. The molecule has 0 aromatic heterocycles. The number of rotatable bonds is 16. The molecule has 1 heterocycles. The molecule has 1 saturated heterocycles. The smallest absolute Gasteiger partial charge is 0.327 e. The van der Waals surface area contributed by atoms with Gasteiger partial charge in [0.2, 0.25) is 11.8 Å². The number of phenolic OH excluding ortho intramolecular Hbond substituents is 1. The van der Waals surface area contributed by atoms with Crippen LogP contribution in [0, 0.1) is 0 Å². The van der Waals surface area contributed by atoms with Crippen molar-refractivity contribution in [2.24, 2.45) is 0 Å². The Bertz CT molecular complexity index is 1650. The number of hydrogen-bond acceptors (Lipinski definition) is 10. The topological polar surface area (TPSA) is 173 Å². The highest BCUT2D eigenvalue weighted by Crippen LogP contribution is 2.31. The molecular weight excluding hydrogens is 652 g/mol. The van der Waals surface area contributed by atoms with Gasteiger partial charge < -0.3 is 40.9 Å². The van der Waals surface area contributed by atoms with Gasteiger partial charge in [-0.15, -0.1) is 6.58 Å². The minimum Gasteiger partial charge on any atom is -0.508 e. The van der Waals surface area contributed by atoms with Gasteiger partial charge in [0, 0.05) is 40.2 Å². The van der Waals surface area contributed by atoms with Crippen molar-refractivity contribution in [3.8, 4) is 5.75 Å². The van der Waals surface area contributed by atoms with Gasteiger partial charge in [-0.1, -0.05) is 60.7 Å². The van der Waals surface area contributed by atoms with Crippen molar-refractivity contribution in [1.29, 1.82) is 0 Å². The summed E-state index contributed by atoms with van der Waals surface area (Å²) in [6, 6.07) is 19.7. The Hall–Kier alpha value is -5.60. The van der Waals surface area contributed by atoms with Gasteiger partial charge in [-0.05, 0) is 41.8 Å². The van der Waals surface area contributed by atoms with Crippen LogP contribution in [-0.2, 0) is 38.6 Å². The normalized spacial score (nSPS) is 15.6. The Labute approximate surface area is 298 Å². The van der Waals surface area contributed by atoms with Crippen LogP contribution >= 0.6 is 0 Å². The first-order valence-corrected chi connectivity index (χ1v) is 16.8. The fourth-order valence-corrected chi connectivity index (χ4v) is 6.03. The molecule has 0 saturated carbocycles. The molecule has 0 radical (unpaired) electrons. The second-order valence-electron chi connectivity index (χ2n) is 12.0. The number of nitrogens with one attached hydrogen (secondary N) is 3. The summed E-state index contributed by atoms with van der Waals surface area (Å²) >= 11 is 0. The van der Waals surface area contributed by atoms with Crippen molar-refractivity contribution in [2.75, 3.05) is 57.6 Å². The molecule has 6 N–H and O–H groups in total. The van der Waals surface area contributed by atoms with E-state index in [2.05, 4.69) is 22.6 Å². The van der Waals surface area contributed by atoms with Crippen molar-refractivity contribution in [3.05, 3.63) is 102 Å². The average molecular weight is 701 g/mol. The molecule has 2 atom stereocenters. The number of esters is 1. The standard InChI is InChI=1S/C37H48N8O6/c1-5-19-40-22-33(47)45-31(20-26-15-17-29(46)18-16-26)36(49)43(24-32(45)42(4)37(50)41-21-27-11-8-7-9-12-27)23-28-13-10-14-30(38)35(28)44(39-3)25-34(48)51-6-2/h5,7-18,31-32,39-40,46H,1,6,19-25,38H2,2-4H3,(H,41,50)/t31-,32+/m0/s1. The maximum absolute atomic E-state index is 14.6. The van der Waals surface area contributed by atoms with E-state index in [0.29, 0.717) is 29.0 Å². The molecule has 0 spiro atoms. The quantitative estimate of drug-likeness (QED) is 0.0491. The molecule has 0 aliphatic carbocycles. The molecule has 1 fully saturated rings. The number of ether oxygens (including phenoxy) is 1. The second-order valence-corrected chi connectivity index (χ2v) is 12.0. The Morgan fingerprint density at radius 3 is 2.45 bits per heavy atom. The first kappa shape index (κ1) is 38.2. The molecule has 0 unspecified atom stereocenters. The summed E-state index contributed by atoms with van der Waals surface area (Å²) in [6.45, 7) is 6.07. The number of phenols is 1. The van der Waals surface area contributed by atoms with Crippen LogP contribution in [0.5, 0.6) is 5.75 Å². The Kier molecular flexibility index (Phi) is 13.8. The van der Waals surface area contributed by atoms with Crippen molar-refractivity contribution in [2.45, 2.75) is 38.6 Å². The van der Waals surface area contributed by atoms with Crippen molar-refractivity contribution in [1.82, 2.24) is 30.8 Å². The number of nitrogens with zero attached hydrogens (tertiary/aromatic N) is 4. The van der Waals surface area contributed by atoms with E-state index in [0.717, 1.165) is 5.56 Å². The van der Waals surface area contributed by atoms with E-state index in [9.17, 15) is 24.3 Å². The third-order valence-corrected chi connectivity index (χ3v) is 8.55. The number of likely N-dealkylation sites (N-methyl/N-ethyl adjacent to an activating group) is 1. The number of amides is 4. The van der Waals surface area contributed by atoms with E-state index in [1.807, 2.05) is 36.4 Å². The van der Waals surface area contributed by atoms with Gasteiger partial charge in [0.05, 0.1) is 31.1 Å². The average Bonchev–Trinajstić information content (AvgIpc) is 3.12. The van der Waals surface area contributed by atoms with E-state index < -0.39 is 24.2 Å². The van der Waals surface area contributed by atoms with Crippen LogP contribution in [-0.4, -0.2) is 103 Å². The third kappa shape index (κ3) is 9.99. The molecule has 0 bridgehead atoms. The van der Waals surface area contributed by atoms with Crippen molar-refractivity contribution < 1.29 is 29.0 Å². The lowest BCUT2D eigenvalue weighted by atomic mass is 9.98. The zero-order valence-corrected chi connectivity index (χ0v) is 29.4. The molecule has 3 aromatic carbocycles. The number of benzene rings is 3. The molecule has 14 nitrogen and oxygen atoms in total. The lowest BCUT2D eigenvalue weighted by Crippen LogP contribution is -2.69. The van der Waals surface area contributed by atoms with Gasteiger partial charge >= 0.3 is 12.0 Å². The van der Waals surface area contributed by atoms with Crippen LogP contribution in [0.25, 0.3) is 0 Å². The number of nitrogens with two attached hydrogens (primary N) is 1. The predicted molar refractivity (Wildman–Crippen MR) is 195 cm³/mol. The molecular formula is C37H48N8O6. The van der Waals surface area contributed by atoms with Gasteiger partial charge in [-0.3, -0.25) is 19.4 Å². The zero-order valence-electron chi connectivity index (χ0n) is 29.4. The summed E-state index contributed by atoms with van der Waals surface area (Å²) < 4.78 is 5.17. The molecule has 4 rings (SSSR count). The lowest BCUT2D eigenvalue weighted by Gasteiger charge is -2.49. The first-order chi connectivity index (χ1) is 24.6. The minimum atomic E-state index is -1.01. The summed E-state index contributed by atoms with van der Waals surface area (Å²) in [5.74, 6) is -1.12. The first-order valence-electron chi connectivity index (χ1n) is 16.8. The number of para-hydroxylation sites is 1. The summed E-state index contributed by atoms with van der Waals surface area (Å²) in [6.07, 6.45) is 0.876. The van der Waals surface area contributed by atoms with Crippen LogP contribution in [0.2, 0.25) is 0 Å². The Morgan fingerprint density at radius 2 is 1.78 bits per heavy atom. The van der Waals surface area contributed by atoms with Crippen molar-refractivity contribution >= 4 is 35.2 Å². The van der Waals surface area contributed by atoms with E-state index in [4.69, 9.17) is 10.5 Å². The number of anilines is 2. The molecule has 51 heavy (non-hydrogen) atoms. The fourth-order valence-electron chi connectivity index (χ4n) is 6.03. The highest BCUT2D eigenvalue weighted by molar-refractivity contribution is 5.91. The van der Waals surface area contributed by atoms with Crippen LogP contribution in [0.3, 0.4) is 0 Å². The van der Waals surface area contributed by atoms with E-state index in [-0.39, 0.29) is 63.3 Å². The number of piperazine rings is 1. The van der Waals surface area contributed by atoms with Gasteiger partial charge in [0.25, 0.3) is 0 Å². The lowest BCUT2D eigenvalue weighted by molar-refractivity contribution is -0.161.